The molecule has 51 heavy (non-hydrogen) atoms. The molecule has 0 rings (SSSR count). The second kappa shape index (κ2) is 44.7. The molecular formula is C37H72O14. The van der Waals surface area contributed by atoms with Crippen LogP contribution in [0.3, 0.4) is 0 Å². The Hall–Kier alpha value is -1.46. The van der Waals surface area contributed by atoms with E-state index in [1.54, 1.807) is 0 Å². The zero-order valence-electron chi connectivity index (χ0n) is 32.0. The normalized spacial score (nSPS) is 11.3. The number of carbonyl (C=O) groups excluding carboxylic acids is 2. The Balaban J connectivity index is 3.12. The summed E-state index contributed by atoms with van der Waals surface area (Å²) in [5, 5.41) is 0. The molecule has 0 aliphatic carbocycles. The zero-order valence-corrected chi connectivity index (χ0v) is 32.0. The van der Waals surface area contributed by atoms with E-state index in [-0.39, 0.29) is 25.2 Å². The van der Waals surface area contributed by atoms with Gasteiger partial charge in [0.15, 0.2) is 0 Å². The van der Waals surface area contributed by atoms with E-state index in [0.717, 1.165) is 38.5 Å². The molecule has 14 nitrogen and oxygen atoms in total. The van der Waals surface area contributed by atoms with Gasteiger partial charge >= 0.3 is 11.9 Å². The van der Waals surface area contributed by atoms with Crippen LogP contribution in [0.25, 0.3) is 0 Å². The minimum Gasteiger partial charge on any atom is -0.463 e. The maximum atomic E-state index is 11.6. The van der Waals surface area contributed by atoms with Crippen LogP contribution in [-0.4, -0.2) is 157 Å². The second-order valence-electron chi connectivity index (χ2n) is 11.5. The zero-order chi connectivity index (χ0) is 37.0. The lowest BCUT2D eigenvalue weighted by Gasteiger charge is -2.09. The fraction of sp³-hybridized carbons (Fsp3) is 0.946. The molecule has 0 heterocycles. The smallest absolute Gasteiger partial charge is 0.305 e. The number of unbranched alkanes of at least 4 members (excludes halogenated alkanes) is 7. The molecule has 0 N–H and O–H groups in total. The lowest BCUT2D eigenvalue weighted by molar-refractivity contribution is -0.146. The third-order valence-corrected chi connectivity index (χ3v) is 7.05. The molecule has 0 radical (unpaired) electrons. The molecule has 14 heteroatoms. The number of ether oxygens (including phenoxy) is 12. The first-order valence-corrected chi connectivity index (χ1v) is 19.3. The van der Waals surface area contributed by atoms with Gasteiger partial charge in [0.2, 0.25) is 0 Å². The van der Waals surface area contributed by atoms with Gasteiger partial charge in [-0.25, -0.2) is 0 Å². The van der Waals surface area contributed by atoms with Crippen molar-refractivity contribution in [1.29, 1.82) is 0 Å². The van der Waals surface area contributed by atoms with Gasteiger partial charge in [-0.2, -0.15) is 0 Å². The van der Waals surface area contributed by atoms with E-state index in [1.807, 2.05) is 0 Å². The van der Waals surface area contributed by atoms with Crippen LogP contribution < -0.4 is 0 Å². The minimum atomic E-state index is -0.155. The van der Waals surface area contributed by atoms with Gasteiger partial charge in [0, 0.05) is 12.8 Å². The van der Waals surface area contributed by atoms with Crippen LogP contribution in [0.15, 0.2) is 0 Å². The van der Waals surface area contributed by atoms with Crippen molar-refractivity contribution in [2.45, 2.75) is 84.5 Å². The number of esters is 2. The molecule has 0 spiro atoms. The monoisotopic (exact) mass is 740 g/mol. The Bertz CT molecular complexity index is 700. The maximum absolute atomic E-state index is 11.6. The highest BCUT2D eigenvalue weighted by Crippen LogP contribution is 2.06. The summed E-state index contributed by atoms with van der Waals surface area (Å²) < 4.78 is 64.9. The molecule has 0 aromatic heterocycles. The first kappa shape index (κ1) is 49.5. The fourth-order valence-electron chi connectivity index (χ4n) is 4.22. The first-order valence-electron chi connectivity index (χ1n) is 19.3. The number of hydrogen-bond acceptors (Lipinski definition) is 14. The lowest BCUT2D eigenvalue weighted by atomic mass is 10.1. The SMILES string of the molecule is CCCCCCCC(=O)OCCOCCOCCOCCOCCOCCOCCOCCOCCOCCOCCOC(=O)CCCCCC. The van der Waals surface area contributed by atoms with Gasteiger partial charge in [-0.05, 0) is 12.8 Å². The summed E-state index contributed by atoms with van der Waals surface area (Å²) in [6, 6.07) is 0. The van der Waals surface area contributed by atoms with Crippen LogP contribution in [0.5, 0.6) is 0 Å². The molecule has 304 valence electrons. The first-order chi connectivity index (χ1) is 25.2. The molecule has 0 bridgehead atoms. The van der Waals surface area contributed by atoms with Gasteiger partial charge in [0.05, 0.1) is 132 Å². The maximum Gasteiger partial charge on any atom is 0.305 e. The molecule has 0 amide bonds. The van der Waals surface area contributed by atoms with Crippen LogP contribution in [0.2, 0.25) is 0 Å². The number of rotatable bonds is 44. The van der Waals surface area contributed by atoms with Crippen molar-refractivity contribution in [3.63, 3.8) is 0 Å². The Labute approximate surface area is 308 Å². The highest BCUT2D eigenvalue weighted by molar-refractivity contribution is 5.69. The van der Waals surface area contributed by atoms with Crippen molar-refractivity contribution < 1.29 is 66.4 Å². The third kappa shape index (κ3) is 44.6. The van der Waals surface area contributed by atoms with Crippen LogP contribution in [0.4, 0.5) is 0 Å². The summed E-state index contributed by atoms with van der Waals surface area (Å²) in [4.78, 5) is 23.2. The Morgan fingerprint density at radius 2 is 0.471 bits per heavy atom. The average molecular weight is 741 g/mol. The molecule has 0 aromatic carbocycles. The van der Waals surface area contributed by atoms with Crippen molar-refractivity contribution in [2.75, 3.05) is 145 Å². The van der Waals surface area contributed by atoms with Gasteiger partial charge < -0.3 is 56.8 Å². The van der Waals surface area contributed by atoms with E-state index in [4.69, 9.17) is 56.8 Å². The summed E-state index contributed by atoms with van der Waals surface area (Å²) in [6.45, 7) is 14.3. The molecule has 0 aromatic rings. The van der Waals surface area contributed by atoms with Crippen molar-refractivity contribution in [3.8, 4) is 0 Å². The van der Waals surface area contributed by atoms with Crippen molar-refractivity contribution in [2.24, 2.45) is 0 Å². The van der Waals surface area contributed by atoms with Gasteiger partial charge in [0.1, 0.15) is 13.2 Å². The molecule has 0 saturated carbocycles. The van der Waals surface area contributed by atoms with Crippen molar-refractivity contribution in [3.05, 3.63) is 0 Å². The fourth-order valence-corrected chi connectivity index (χ4v) is 4.22. The van der Waals surface area contributed by atoms with Crippen molar-refractivity contribution in [1.82, 2.24) is 0 Å². The van der Waals surface area contributed by atoms with Crippen LogP contribution in [-0.2, 0) is 66.4 Å². The molecule has 0 unspecified atom stereocenters. The average Bonchev–Trinajstić information content (AvgIpc) is 3.13. The minimum absolute atomic E-state index is 0.150. The van der Waals surface area contributed by atoms with Crippen LogP contribution in [0.1, 0.15) is 84.5 Å². The van der Waals surface area contributed by atoms with E-state index in [9.17, 15) is 9.59 Å². The number of carbonyl (C=O) groups is 2. The second-order valence-corrected chi connectivity index (χ2v) is 11.5. The lowest BCUT2D eigenvalue weighted by Crippen LogP contribution is -2.16. The Morgan fingerprint density at radius 1 is 0.275 bits per heavy atom. The van der Waals surface area contributed by atoms with Crippen molar-refractivity contribution >= 4 is 11.9 Å². The highest BCUT2D eigenvalue weighted by atomic mass is 16.6. The van der Waals surface area contributed by atoms with E-state index in [2.05, 4.69) is 13.8 Å². The molecule has 0 atom stereocenters. The standard InChI is InChI=1S/C37H72O14/c1-3-5-7-9-11-13-37(39)51-35-33-49-31-29-47-27-25-45-23-21-43-19-17-41-15-14-40-16-18-42-20-22-44-24-26-46-28-30-48-32-34-50-36(38)12-10-8-6-4-2/h3-35H2,1-2H3. The van der Waals surface area contributed by atoms with Crippen LogP contribution >= 0.6 is 0 Å². The van der Waals surface area contributed by atoms with E-state index in [1.165, 1.54) is 19.3 Å². The van der Waals surface area contributed by atoms with Gasteiger partial charge in [-0.1, -0.05) is 58.8 Å². The quantitative estimate of drug-likeness (QED) is 0.0635. The Morgan fingerprint density at radius 3 is 0.706 bits per heavy atom. The van der Waals surface area contributed by atoms with E-state index in [0.29, 0.717) is 145 Å². The molecular weight excluding hydrogens is 668 g/mol. The molecule has 0 aliphatic heterocycles. The predicted molar refractivity (Wildman–Crippen MR) is 192 cm³/mol. The molecule has 0 saturated heterocycles. The Kier molecular flexibility index (Phi) is 43.4. The van der Waals surface area contributed by atoms with E-state index < -0.39 is 0 Å². The van der Waals surface area contributed by atoms with Gasteiger partial charge in [0.25, 0.3) is 0 Å². The molecule has 0 aliphatic rings. The summed E-state index contributed by atoms with van der Waals surface area (Å²) >= 11 is 0. The third-order valence-electron chi connectivity index (χ3n) is 7.05. The van der Waals surface area contributed by atoms with E-state index >= 15 is 0 Å². The van der Waals surface area contributed by atoms with Gasteiger partial charge in [-0.15, -0.1) is 0 Å². The summed E-state index contributed by atoms with van der Waals surface area (Å²) in [6.07, 6.45) is 10.8. The predicted octanol–water partition coefficient (Wildman–Crippen LogP) is 4.57. The summed E-state index contributed by atoms with van der Waals surface area (Å²) in [7, 11) is 0. The van der Waals surface area contributed by atoms with Crippen LogP contribution in [0, 0.1) is 0 Å². The number of hydrogen-bond donors (Lipinski definition) is 0. The summed E-state index contributed by atoms with van der Waals surface area (Å²) in [5.74, 6) is -0.305. The van der Waals surface area contributed by atoms with Gasteiger partial charge in [-0.3, -0.25) is 9.59 Å². The molecule has 0 fully saturated rings. The highest BCUT2D eigenvalue weighted by Gasteiger charge is 2.04. The largest absolute Gasteiger partial charge is 0.463 e. The topological polar surface area (TPSA) is 145 Å². The summed E-state index contributed by atoms with van der Waals surface area (Å²) in [5.41, 5.74) is 0.